The molecule has 38 heavy (non-hydrogen) atoms. The Bertz CT molecular complexity index is 770. The summed E-state index contributed by atoms with van der Waals surface area (Å²) in [4.78, 5) is 71.0. The van der Waals surface area contributed by atoms with Crippen molar-refractivity contribution >= 4 is 161 Å². The molecule has 0 bridgehead atoms. The third kappa shape index (κ3) is 26.9. The number of aliphatic carboxylic acids is 7. The van der Waals surface area contributed by atoms with E-state index in [4.69, 9.17) is 26.5 Å². The molecule has 0 saturated carbocycles. The summed E-state index contributed by atoms with van der Waals surface area (Å²) in [6.45, 7) is -0.227. The van der Waals surface area contributed by atoms with E-state index >= 15 is 0 Å². The minimum absolute atomic E-state index is 0. The Morgan fingerprint density at radius 2 is 0.895 bits per heavy atom. The summed E-state index contributed by atoms with van der Waals surface area (Å²) in [5, 5.41) is 92.7. The quantitative estimate of drug-likeness (QED) is 0.0759. The van der Waals surface area contributed by atoms with E-state index in [0.29, 0.717) is 0 Å². The van der Waals surface area contributed by atoms with Crippen molar-refractivity contribution in [2.24, 2.45) is 5.73 Å². The van der Waals surface area contributed by atoms with Crippen LogP contribution in [0.4, 0.5) is 0 Å². The van der Waals surface area contributed by atoms with Gasteiger partial charge in [-0.05, 0) is 0 Å². The molecule has 19 nitrogen and oxygen atoms in total. The number of carbonyl (C=O) groups excluding carboxylic acids is 6. The molecule has 0 saturated heterocycles. The van der Waals surface area contributed by atoms with Crippen LogP contribution in [0.25, 0.3) is 0 Å². The molecule has 0 aromatic carbocycles. The van der Waals surface area contributed by atoms with Crippen molar-refractivity contribution in [2.75, 3.05) is 13.6 Å². The average Bonchev–Trinajstić information content (AvgIpc) is 2.58. The van der Waals surface area contributed by atoms with Gasteiger partial charge in [0.1, 0.15) is 17.7 Å². The number of aliphatic hydroxyl groups is 2. The number of nitrogens with one attached hydrogen (secondary N) is 1. The van der Waals surface area contributed by atoms with Crippen molar-refractivity contribution in [2.45, 2.75) is 36.9 Å². The normalized spacial score (nSPS) is 9.45. The van der Waals surface area contributed by atoms with Crippen molar-refractivity contribution < 1.29 is 79.5 Å². The first-order valence-electron chi connectivity index (χ1n) is 8.53. The van der Waals surface area contributed by atoms with Crippen LogP contribution in [0.15, 0.2) is 0 Å². The van der Waals surface area contributed by atoms with Gasteiger partial charge in [-0.15, -0.1) is 0 Å². The Morgan fingerprint density at radius 1 is 0.684 bits per heavy atom. The monoisotopic (exact) mass is 629 g/mol. The predicted octanol–water partition coefficient (Wildman–Crippen LogP) is -12.8. The van der Waals surface area contributed by atoms with Crippen LogP contribution in [0.2, 0.25) is 0 Å². The molecule has 0 unspecified atom stereocenters. The van der Waals surface area contributed by atoms with Gasteiger partial charge in [0.15, 0.2) is 5.96 Å². The Kier molecular flexibility index (Phi) is 31.8. The van der Waals surface area contributed by atoms with Gasteiger partial charge in [-0.3, -0.25) is 10.2 Å². The van der Waals surface area contributed by atoms with Crippen LogP contribution in [0, 0.1) is 5.41 Å². The Hall–Kier alpha value is -0.741. The fraction of sp³-hybridized carbons (Fsp3) is 0.500. The molecule has 0 aliphatic carbocycles. The minimum Gasteiger partial charge on any atom is -0.550 e. The average molecular weight is 630 g/mol. The SMILES string of the molecule is CN(CC(=O)O)C(=N)N.O=C([O-])CC(O)(CC(=O)[O-])C(=O)[O-].O=C([O-])CC(O)(CC(=O)[O-])C(=O)[O-].[Ca+2].[Ca+2].[Ca+2]. The molecule has 22 heteroatoms. The Labute approximate surface area is 303 Å². The molecule has 6 N–H and O–H groups in total. The molecule has 0 spiro atoms. The van der Waals surface area contributed by atoms with Gasteiger partial charge in [0.25, 0.3) is 0 Å². The zero-order valence-electron chi connectivity index (χ0n) is 19.8. The standard InChI is InChI=1S/2C6H8O7.C4H9N3O2.3Ca/c2*7-3(8)1-6(13,5(11)12)2-4(9)10;1-7(4(5)6)2-3(8)9;;;/h2*13H,1-2H2,(H,7,8)(H,9,10)(H,11,12);2H2,1H3,(H3,5,6)(H,8,9);;;/q;;;3*+2/p-6. The van der Waals surface area contributed by atoms with E-state index in [0.717, 1.165) is 4.90 Å². The van der Waals surface area contributed by atoms with E-state index in [1.54, 1.807) is 0 Å². The van der Waals surface area contributed by atoms with Gasteiger partial charge in [0.05, 0.1) is 11.9 Å². The third-order valence-corrected chi connectivity index (χ3v) is 3.29. The van der Waals surface area contributed by atoms with Gasteiger partial charge >= 0.3 is 119 Å². The second-order valence-corrected chi connectivity index (χ2v) is 6.47. The van der Waals surface area contributed by atoms with Gasteiger partial charge in [-0.25, -0.2) is 0 Å². The number of likely N-dealkylation sites (N-methyl/N-ethyl adjacent to an activating group) is 1. The van der Waals surface area contributed by atoms with Gasteiger partial charge in [0, 0.05) is 56.6 Å². The maximum absolute atomic E-state index is 10.1. The maximum atomic E-state index is 10.1. The number of carboxylic acids is 7. The molecule has 0 heterocycles. The summed E-state index contributed by atoms with van der Waals surface area (Å²) >= 11 is 0. The number of rotatable bonds is 12. The van der Waals surface area contributed by atoms with Crippen LogP contribution in [0.1, 0.15) is 25.7 Å². The molecule has 0 rings (SSSR count). The second kappa shape index (κ2) is 24.1. The topological polar surface area (TPSA) is 372 Å². The van der Waals surface area contributed by atoms with Gasteiger partial charge in [-0.1, -0.05) is 0 Å². The first-order chi connectivity index (χ1) is 15.6. The fourth-order valence-electron chi connectivity index (χ4n) is 1.66. The number of nitrogens with two attached hydrogens (primary N) is 1. The molecule has 0 atom stereocenters. The van der Waals surface area contributed by atoms with Crippen LogP contribution in [-0.4, -0.2) is 206 Å². The zero-order valence-corrected chi connectivity index (χ0v) is 26.5. The molecule has 0 aromatic heterocycles. The number of hydrogen-bond donors (Lipinski definition) is 5. The minimum atomic E-state index is -2.97. The molecule has 0 radical (unpaired) electrons. The molecule has 0 amide bonds. The van der Waals surface area contributed by atoms with Crippen LogP contribution < -0.4 is 36.4 Å². The molecule has 200 valence electrons. The van der Waals surface area contributed by atoms with E-state index in [2.05, 4.69) is 0 Å². The number of hydrogen-bond acceptors (Lipinski definition) is 16. The zero-order chi connectivity index (χ0) is 28.7. The van der Waals surface area contributed by atoms with Crippen LogP contribution in [0.5, 0.6) is 0 Å². The first kappa shape index (κ1) is 50.1. The van der Waals surface area contributed by atoms with Crippen molar-refractivity contribution in [3.05, 3.63) is 0 Å². The molecular formula is C16H19Ca3N3O16. The number of nitrogens with zero attached hydrogens (tertiary/aromatic N) is 1. The predicted molar refractivity (Wildman–Crippen MR) is 108 cm³/mol. The maximum Gasteiger partial charge on any atom is 2.00 e. The second-order valence-electron chi connectivity index (χ2n) is 6.47. The van der Waals surface area contributed by atoms with E-state index < -0.39 is 78.7 Å². The summed E-state index contributed by atoms with van der Waals surface area (Å²) in [6, 6.07) is 0. The summed E-state index contributed by atoms with van der Waals surface area (Å²) in [6.07, 6.45) is -5.43. The van der Waals surface area contributed by atoms with Gasteiger partial charge < -0.3 is 85.4 Å². The molecule has 0 aliphatic heterocycles. The largest absolute Gasteiger partial charge is 2.00 e. The molecular weight excluding hydrogens is 610 g/mol. The van der Waals surface area contributed by atoms with Crippen LogP contribution in [-0.2, 0) is 33.6 Å². The summed E-state index contributed by atoms with van der Waals surface area (Å²) in [5.41, 5.74) is -1.02. The smallest absolute Gasteiger partial charge is 0.550 e. The fourth-order valence-corrected chi connectivity index (χ4v) is 1.66. The van der Waals surface area contributed by atoms with Crippen molar-refractivity contribution in [3.63, 3.8) is 0 Å². The molecule has 0 aromatic rings. The van der Waals surface area contributed by atoms with Crippen LogP contribution >= 0.6 is 0 Å². The van der Waals surface area contributed by atoms with E-state index in [9.17, 15) is 64.2 Å². The summed E-state index contributed by atoms with van der Waals surface area (Å²) in [7, 11) is 1.44. The number of guanidine groups is 1. The Morgan fingerprint density at radius 3 is 0.974 bits per heavy atom. The first-order valence-corrected chi connectivity index (χ1v) is 8.53. The van der Waals surface area contributed by atoms with E-state index in [1.165, 1.54) is 7.05 Å². The third-order valence-electron chi connectivity index (χ3n) is 3.29. The molecule has 0 aliphatic rings. The summed E-state index contributed by atoms with van der Waals surface area (Å²) in [5.74, 6) is -13.2. The van der Waals surface area contributed by atoms with Crippen LogP contribution in [0.3, 0.4) is 0 Å². The number of carbonyl (C=O) groups is 7. The molecule has 0 fully saturated rings. The van der Waals surface area contributed by atoms with E-state index in [1.807, 2.05) is 0 Å². The van der Waals surface area contributed by atoms with Gasteiger partial charge in [0.2, 0.25) is 0 Å². The van der Waals surface area contributed by atoms with E-state index in [-0.39, 0.29) is 126 Å². The van der Waals surface area contributed by atoms with Crippen molar-refractivity contribution in [1.82, 2.24) is 4.90 Å². The summed E-state index contributed by atoms with van der Waals surface area (Å²) < 4.78 is 0. The number of carboxylic acid groups (broad SMARTS) is 7. The van der Waals surface area contributed by atoms with Crippen molar-refractivity contribution in [1.29, 1.82) is 5.41 Å². The van der Waals surface area contributed by atoms with Gasteiger partial charge in [-0.2, -0.15) is 0 Å². The van der Waals surface area contributed by atoms with Crippen molar-refractivity contribution in [3.8, 4) is 0 Å². The Balaban J connectivity index is -0.0000000989.